The van der Waals surface area contributed by atoms with Gasteiger partial charge >= 0.3 is 0 Å². The van der Waals surface area contributed by atoms with E-state index in [1.165, 1.54) is 6.26 Å². The summed E-state index contributed by atoms with van der Waals surface area (Å²) in [5, 5.41) is 9.92. The van der Waals surface area contributed by atoms with E-state index >= 15 is 0 Å². The Labute approximate surface area is 79.7 Å². The van der Waals surface area contributed by atoms with E-state index in [-0.39, 0.29) is 6.54 Å². The molecular formula is C8H12BrNO2. The Hall–Kier alpha value is -0.320. The molecule has 1 aromatic heterocycles. The Morgan fingerprint density at radius 3 is 2.75 bits per heavy atom. The van der Waals surface area contributed by atoms with Crippen LogP contribution in [0.15, 0.2) is 21.2 Å². The minimum atomic E-state index is -1.04. The van der Waals surface area contributed by atoms with Crippen molar-refractivity contribution < 1.29 is 9.52 Å². The van der Waals surface area contributed by atoms with Gasteiger partial charge in [0.1, 0.15) is 5.60 Å². The maximum atomic E-state index is 9.92. The van der Waals surface area contributed by atoms with Gasteiger partial charge in [0, 0.05) is 6.54 Å². The Balaban J connectivity index is 3.02. The van der Waals surface area contributed by atoms with E-state index < -0.39 is 5.60 Å². The summed E-state index contributed by atoms with van der Waals surface area (Å²) in [7, 11) is 0. The summed E-state index contributed by atoms with van der Waals surface area (Å²) >= 11 is 3.27. The Bertz CT molecular complexity index is 255. The molecule has 0 amide bonds. The first-order valence-corrected chi connectivity index (χ1v) is 4.59. The van der Waals surface area contributed by atoms with Crippen LogP contribution in [0.4, 0.5) is 0 Å². The first-order valence-electron chi connectivity index (χ1n) is 3.80. The lowest BCUT2D eigenvalue weighted by Gasteiger charge is -2.22. The molecule has 0 aliphatic rings. The largest absolute Gasteiger partial charge is 0.465 e. The summed E-state index contributed by atoms with van der Waals surface area (Å²) in [5.74, 6) is 0.507. The van der Waals surface area contributed by atoms with E-state index in [0.29, 0.717) is 12.2 Å². The van der Waals surface area contributed by atoms with Crippen LogP contribution >= 0.6 is 15.9 Å². The molecule has 1 rings (SSSR count). The van der Waals surface area contributed by atoms with Crippen molar-refractivity contribution in [3.8, 4) is 0 Å². The zero-order valence-corrected chi connectivity index (χ0v) is 8.47. The average Bonchev–Trinajstić information content (AvgIpc) is 2.51. The monoisotopic (exact) mass is 233 g/mol. The maximum Gasteiger partial charge on any atom is 0.150 e. The SMILES string of the molecule is CCC(O)(CN)c1occc1Br. The fraction of sp³-hybridized carbons (Fsp3) is 0.500. The van der Waals surface area contributed by atoms with Crippen molar-refractivity contribution in [2.75, 3.05) is 6.54 Å². The lowest BCUT2D eigenvalue weighted by atomic mass is 9.98. The molecule has 12 heavy (non-hydrogen) atoms. The summed E-state index contributed by atoms with van der Waals surface area (Å²) in [4.78, 5) is 0. The molecule has 0 bridgehead atoms. The van der Waals surface area contributed by atoms with Crippen LogP contribution in [0.2, 0.25) is 0 Å². The summed E-state index contributed by atoms with van der Waals surface area (Å²) < 4.78 is 5.90. The van der Waals surface area contributed by atoms with Crippen molar-refractivity contribution in [1.82, 2.24) is 0 Å². The van der Waals surface area contributed by atoms with E-state index in [4.69, 9.17) is 10.2 Å². The molecule has 1 aromatic rings. The molecule has 1 unspecified atom stereocenters. The number of hydrogen-bond donors (Lipinski definition) is 2. The second-order valence-electron chi connectivity index (χ2n) is 2.69. The van der Waals surface area contributed by atoms with Gasteiger partial charge in [0.25, 0.3) is 0 Å². The number of hydrogen-bond acceptors (Lipinski definition) is 3. The number of nitrogens with two attached hydrogens (primary N) is 1. The average molecular weight is 234 g/mol. The Kier molecular flexibility index (Phi) is 2.93. The van der Waals surface area contributed by atoms with Gasteiger partial charge in [-0.15, -0.1) is 0 Å². The number of halogens is 1. The lowest BCUT2D eigenvalue weighted by molar-refractivity contribution is 0.0189. The molecule has 1 heterocycles. The molecule has 0 aliphatic heterocycles. The molecule has 1 atom stereocenters. The van der Waals surface area contributed by atoms with Crippen molar-refractivity contribution in [3.63, 3.8) is 0 Å². The Morgan fingerprint density at radius 1 is 1.75 bits per heavy atom. The van der Waals surface area contributed by atoms with E-state index in [1.54, 1.807) is 6.07 Å². The molecule has 0 fully saturated rings. The van der Waals surface area contributed by atoms with Gasteiger partial charge in [0.2, 0.25) is 0 Å². The van der Waals surface area contributed by atoms with Gasteiger partial charge in [-0.2, -0.15) is 0 Å². The van der Waals surface area contributed by atoms with Gasteiger partial charge in [0.05, 0.1) is 10.7 Å². The van der Waals surface area contributed by atoms with Crippen molar-refractivity contribution >= 4 is 15.9 Å². The summed E-state index contributed by atoms with van der Waals surface area (Å²) in [6.07, 6.45) is 2.06. The van der Waals surface area contributed by atoms with Crippen LogP contribution in [0.3, 0.4) is 0 Å². The zero-order valence-electron chi connectivity index (χ0n) is 6.88. The summed E-state index contributed by atoms with van der Waals surface area (Å²) in [6, 6.07) is 1.74. The van der Waals surface area contributed by atoms with Crippen LogP contribution in [-0.4, -0.2) is 11.7 Å². The normalized spacial score (nSPS) is 16.0. The molecular weight excluding hydrogens is 222 g/mol. The summed E-state index contributed by atoms with van der Waals surface area (Å²) in [6.45, 7) is 2.03. The third kappa shape index (κ3) is 1.55. The zero-order chi connectivity index (χ0) is 9.19. The molecule has 0 aromatic carbocycles. The Morgan fingerprint density at radius 2 is 2.42 bits per heavy atom. The fourth-order valence-electron chi connectivity index (χ4n) is 1.02. The summed E-state index contributed by atoms with van der Waals surface area (Å²) in [5.41, 5.74) is 4.41. The molecule has 4 heteroatoms. The van der Waals surface area contributed by atoms with E-state index in [0.717, 1.165) is 4.47 Å². The van der Waals surface area contributed by atoms with Crippen molar-refractivity contribution in [2.24, 2.45) is 5.73 Å². The molecule has 0 aliphatic carbocycles. The first kappa shape index (κ1) is 9.77. The molecule has 0 radical (unpaired) electrons. The highest BCUT2D eigenvalue weighted by atomic mass is 79.9. The van der Waals surface area contributed by atoms with Crippen LogP contribution in [0.5, 0.6) is 0 Å². The maximum absolute atomic E-state index is 9.92. The second-order valence-corrected chi connectivity index (χ2v) is 3.54. The lowest BCUT2D eigenvalue weighted by Crippen LogP contribution is -2.33. The van der Waals surface area contributed by atoms with Gasteiger partial charge in [-0.25, -0.2) is 0 Å². The second kappa shape index (κ2) is 3.60. The smallest absolute Gasteiger partial charge is 0.150 e. The van der Waals surface area contributed by atoms with Gasteiger partial charge in [-0.1, -0.05) is 6.92 Å². The first-order chi connectivity index (χ1) is 5.64. The highest BCUT2D eigenvalue weighted by Crippen LogP contribution is 2.30. The van der Waals surface area contributed by atoms with Crippen LogP contribution in [0.1, 0.15) is 19.1 Å². The van der Waals surface area contributed by atoms with Crippen LogP contribution < -0.4 is 5.73 Å². The molecule has 0 saturated carbocycles. The quantitative estimate of drug-likeness (QED) is 0.834. The minimum absolute atomic E-state index is 0.162. The molecule has 0 spiro atoms. The number of rotatable bonds is 3. The molecule has 0 saturated heterocycles. The topological polar surface area (TPSA) is 59.4 Å². The number of furan rings is 1. The molecule has 68 valence electrons. The number of aliphatic hydroxyl groups is 1. The van der Waals surface area contributed by atoms with E-state index in [1.807, 2.05) is 6.92 Å². The van der Waals surface area contributed by atoms with Crippen LogP contribution in [0.25, 0.3) is 0 Å². The predicted octanol–water partition coefficient (Wildman–Crippen LogP) is 1.60. The van der Waals surface area contributed by atoms with Crippen molar-refractivity contribution in [3.05, 3.63) is 22.6 Å². The van der Waals surface area contributed by atoms with Gasteiger partial charge in [-0.3, -0.25) is 0 Å². The third-order valence-electron chi connectivity index (χ3n) is 1.96. The third-order valence-corrected chi connectivity index (χ3v) is 2.59. The minimum Gasteiger partial charge on any atom is -0.465 e. The van der Waals surface area contributed by atoms with Gasteiger partial charge in [-0.05, 0) is 28.4 Å². The standard InChI is InChI=1S/C8H12BrNO2/c1-2-8(11,5-10)7-6(9)3-4-12-7/h3-4,11H,2,5,10H2,1H3. The van der Waals surface area contributed by atoms with Crippen LogP contribution in [-0.2, 0) is 5.60 Å². The highest BCUT2D eigenvalue weighted by molar-refractivity contribution is 9.10. The van der Waals surface area contributed by atoms with Gasteiger partial charge in [0.15, 0.2) is 5.76 Å². The molecule has 3 nitrogen and oxygen atoms in total. The fourth-order valence-corrected chi connectivity index (χ4v) is 1.59. The van der Waals surface area contributed by atoms with Crippen molar-refractivity contribution in [1.29, 1.82) is 0 Å². The highest BCUT2D eigenvalue weighted by Gasteiger charge is 2.30. The van der Waals surface area contributed by atoms with Gasteiger partial charge < -0.3 is 15.3 Å². The van der Waals surface area contributed by atoms with E-state index in [2.05, 4.69) is 15.9 Å². The van der Waals surface area contributed by atoms with E-state index in [9.17, 15) is 5.11 Å². The molecule has 3 N–H and O–H groups in total. The van der Waals surface area contributed by atoms with Crippen LogP contribution in [0, 0.1) is 0 Å². The van der Waals surface area contributed by atoms with Crippen molar-refractivity contribution in [2.45, 2.75) is 18.9 Å². The predicted molar refractivity (Wildman–Crippen MR) is 49.7 cm³/mol.